The largest absolute Gasteiger partial charge is 0.495 e. The number of nitrogens with one attached hydrogen (secondary N) is 1. The minimum atomic E-state index is -1.82. The summed E-state index contributed by atoms with van der Waals surface area (Å²) < 4.78 is 17.1. The van der Waals surface area contributed by atoms with Crippen LogP contribution in [0.4, 0.5) is 0 Å². The van der Waals surface area contributed by atoms with Gasteiger partial charge < -0.3 is 79.8 Å². The zero-order valence-electron chi connectivity index (χ0n) is 47.4. The number of amides is 1. The Morgan fingerprint density at radius 2 is 1.20 bits per heavy atom. The molecule has 0 aliphatic carbocycles. The van der Waals surface area contributed by atoms with Crippen LogP contribution in [0.2, 0.25) is 0 Å². The van der Waals surface area contributed by atoms with Crippen LogP contribution < -0.4 is 5.32 Å². The lowest BCUT2D eigenvalue weighted by Gasteiger charge is -2.14. The second kappa shape index (κ2) is 27.6. The van der Waals surface area contributed by atoms with Crippen LogP contribution in [0.25, 0.3) is 39.1 Å². The number of aromatic nitrogens is 6. The van der Waals surface area contributed by atoms with Gasteiger partial charge in [0.25, 0.3) is 5.91 Å². The third-order valence-corrected chi connectivity index (χ3v) is 13.3. The van der Waals surface area contributed by atoms with E-state index in [-0.39, 0.29) is 96.0 Å². The molecule has 1 amide bonds. The van der Waals surface area contributed by atoms with Gasteiger partial charge in [-0.05, 0) is 46.8 Å². The summed E-state index contributed by atoms with van der Waals surface area (Å²) >= 11 is 1.74. The van der Waals surface area contributed by atoms with Crippen molar-refractivity contribution in [3.63, 3.8) is 0 Å². The molecule has 13 N–H and O–H groups in total. The summed E-state index contributed by atoms with van der Waals surface area (Å²) in [6.45, 7) is 28.0. The van der Waals surface area contributed by atoms with E-state index in [1.165, 1.54) is 69.7 Å². The number of carbonyl (C=O) groups is 2. The van der Waals surface area contributed by atoms with Crippen LogP contribution in [-0.4, -0.2) is 168 Å². The Balaban J connectivity index is 1.29. The van der Waals surface area contributed by atoms with E-state index >= 15 is 0 Å². The smallest absolute Gasteiger partial charge is 0.354 e. The second-order valence-electron chi connectivity index (χ2n) is 18.0. The Kier molecular flexibility index (Phi) is 20.1. The summed E-state index contributed by atoms with van der Waals surface area (Å²) in [5, 5.41) is 134. The number of aliphatic hydroxyl groups excluding tert-OH is 11. The number of hydrogen-bond acceptors (Lipinski definition) is 24. The average Bonchev–Trinajstić information content (AvgIpc) is 1.62. The van der Waals surface area contributed by atoms with Crippen molar-refractivity contribution in [3.05, 3.63) is 172 Å². The lowest BCUT2D eigenvalue weighted by Crippen LogP contribution is -2.31. The SMILES string of the molecule is C=C(N=C(O)C(=C)N=C(O)C(=C)N=C(O)C(=C)NC(=O)c1ccc2c(n1)-c1coc(n1)C(=C)N=C(O)C(=C)N=C(O)c1nc(oc1C)/C(=C\C)N=C(O)c1csc(n1)C(O)N=C(O)c1nc(oc1C)/C(=C/C)N=C(O)[C@H]([C@@H](C)O)N=C(O)c1csc-2n1)C(=O)O. The molecule has 1 aliphatic rings. The molecule has 7 rings (SSSR count). The van der Waals surface area contributed by atoms with E-state index in [4.69, 9.17) is 18.4 Å². The topological polar surface area (TPSA) is 517 Å². The predicted molar refractivity (Wildman–Crippen MR) is 330 cm³/mol. The molecule has 0 fully saturated rings. The fourth-order valence-electron chi connectivity index (χ4n) is 7.00. The second-order valence-corrected chi connectivity index (χ2v) is 19.7. The quantitative estimate of drug-likeness (QED) is 0.0353. The number of carbonyl (C=O) groups excluding carboxylic acids is 1. The van der Waals surface area contributed by atoms with E-state index in [0.29, 0.717) is 0 Å². The van der Waals surface area contributed by atoms with Crippen molar-refractivity contribution in [2.75, 3.05) is 0 Å². The molecule has 464 valence electrons. The number of aliphatic imine (C=N–C) groups is 9. The number of rotatable bonds is 10. The number of nitrogens with zero attached hydrogens (tertiary/aromatic N) is 15. The van der Waals surface area contributed by atoms with Gasteiger partial charge in [0.05, 0.1) is 11.8 Å². The maximum absolute atomic E-state index is 13.8. The van der Waals surface area contributed by atoms with Gasteiger partial charge in [0.2, 0.25) is 77.0 Å². The van der Waals surface area contributed by atoms with Crippen LogP contribution in [0.5, 0.6) is 0 Å². The maximum Gasteiger partial charge on any atom is 0.354 e. The Morgan fingerprint density at radius 1 is 0.633 bits per heavy atom. The van der Waals surface area contributed by atoms with Gasteiger partial charge in [-0.3, -0.25) is 4.79 Å². The molecule has 1 aliphatic heterocycles. The summed E-state index contributed by atoms with van der Waals surface area (Å²) in [5.41, 5.74) is -5.31. The van der Waals surface area contributed by atoms with Crippen molar-refractivity contribution in [2.45, 2.75) is 53.0 Å². The number of carboxylic acids is 1. The molecule has 1 unspecified atom stereocenters. The van der Waals surface area contributed by atoms with Crippen molar-refractivity contribution in [1.29, 1.82) is 0 Å². The van der Waals surface area contributed by atoms with Gasteiger partial charge in [0, 0.05) is 16.3 Å². The van der Waals surface area contributed by atoms with Gasteiger partial charge in [-0.1, -0.05) is 51.6 Å². The molecular weight excluding hydrogens is 1220 g/mol. The predicted octanol–water partition coefficient (Wildman–Crippen LogP) is 7.84. The van der Waals surface area contributed by atoms with Crippen molar-refractivity contribution < 1.29 is 84.1 Å². The molecule has 0 radical (unpaired) electrons. The standard InChI is InChI=1S/C55H50N16O17S2/c1-12-29-51-69-36(26(10)87-51)47(81)59-22(6)41(75)60-23(7)50-65-32(16-86-50)38-28(14-15-31(62-38)43(77)58-21(5)40(74)56-19(3)39(73)57-20(4)42(76)61-24(8)55(84)85)53-66-34(17-89-53)45(79)68-35(25(9)72)46(80)64-30(13-2)52-70-37(27(11)88-52)48(82)71-49(83)54-67-33(18-90-54)44(78)63-29/h12-18,25,35,49,72,83H,3-8H2,1-2,9-11H3,(H,56,74)(H,57,73)(H,58,77)(H,59,81)(H,60,75)(H,61,76)(H,63,78)(H,64,80)(H,68,79)(H,71,82)(H,84,85)/b29-12+,30-13-/t25-,35+,49?/m1/s1. The first-order valence-corrected chi connectivity index (χ1v) is 27.0. The maximum atomic E-state index is 13.8. The number of pyridine rings is 1. The van der Waals surface area contributed by atoms with Crippen LogP contribution in [0.3, 0.4) is 0 Å². The van der Waals surface area contributed by atoms with Crippen LogP contribution in [0, 0.1) is 13.8 Å². The third-order valence-electron chi connectivity index (χ3n) is 11.5. The minimum Gasteiger partial charge on any atom is -0.495 e. The summed E-state index contributed by atoms with van der Waals surface area (Å²) in [7, 11) is 0. The zero-order valence-corrected chi connectivity index (χ0v) is 49.1. The Morgan fingerprint density at radius 3 is 1.81 bits per heavy atom. The number of oxazole rings is 3. The lowest BCUT2D eigenvalue weighted by atomic mass is 10.1. The molecule has 10 bridgehead atoms. The van der Waals surface area contributed by atoms with Gasteiger partial charge in [0.15, 0.2) is 17.4 Å². The fraction of sp³-hybridized carbons (Fsp3) is 0.145. The Bertz CT molecular complexity index is 4350. The van der Waals surface area contributed by atoms with E-state index in [1.54, 1.807) is 0 Å². The summed E-state index contributed by atoms with van der Waals surface area (Å²) in [6.07, 6.45) is 0.453. The van der Waals surface area contributed by atoms with E-state index in [0.717, 1.165) is 28.9 Å². The van der Waals surface area contributed by atoms with Gasteiger partial charge in [-0.25, -0.2) is 79.6 Å². The molecule has 0 spiro atoms. The van der Waals surface area contributed by atoms with Gasteiger partial charge in [0.1, 0.15) is 96.1 Å². The monoisotopic (exact) mass is 1270 g/mol. The number of hydrogen-bond donors (Lipinski definition) is 13. The van der Waals surface area contributed by atoms with Crippen LogP contribution in [-0.2, 0) is 4.79 Å². The molecule has 6 aromatic rings. The molecular formula is C55H50N16O17S2. The number of aryl methyl sites for hydroxylation is 2. The van der Waals surface area contributed by atoms with Crippen LogP contribution in [0.15, 0.2) is 167 Å². The highest BCUT2D eigenvalue weighted by Crippen LogP contribution is 2.34. The number of aliphatic carboxylic acids is 1. The lowest BCUT2D eigenvalue weighted by molar-refractivity contribution is -0.132. The summed E-state index contributed by atoms with van der Waals surface area (Å²) in [5.74, 6) is -11.6. The van der Waals surface area contributed by atoms with Gasteiger partial charge >= 0.3 is 5.97 Å². The first-order valence-electron chi connectivity index (χ1n) is 25.2. The number of aliphatic hydroxyl groups is 11. The highest BCUT2D eigenvalue weighted by atomic mass is 32.1. The Labute approximate surface area is 513 Å². The van der Waals surface area contributed by atoms with Crippen molar-refractivity contribution >= 4 is 105 Å². The summed E-state index contributed by atoms with van der Waals surface area (Å²) in [6, 6.07) is 0.873. The first-order chi connectivity index (χ1) is 42.5. The third kappa shape index (κ3) is 15.2. The highest BCUT2D eigenvalue weighted by Gasteiger charge is 2.28. The normalized spacial score (nSPS) is 17.3. The molecule has 33 nitrogen and oxygen atoms in total. The molecule has 35 heteroatoms. The molecule has 0 saturated heterocycles. The molecule has 6 aromatic heterocycles. The van der Waals surface area contributed by atoms with E-state index in [9.17, 15) is 65.8 Å². The fourth-order valence-corrected chi connectivity index (χ4v) is 8.54. The molecule has 0 aromatic carbocycles. The first kappa shape index (κ1) is 65.6. The highest BCUT2D eigenvalue weighted by molar-refractivity contribution is 7.13. The number of fused-ring (bicyclic) bond motifs is 13. The van der Waals surface area contributed by atoms with Crippen molar-refractivity contribution in [2.24, 2.45) is 44.9 Å². The number of allylic oxidation sites excluding steroid dienone is 2. The molecule has 90 heavy (non-hydrogen) atoms. The van der Waals surface area contributed by atoms with E-state index < -0.39 is 118 Å². The van der Waals surface area contributed by atoms with Crippen LogP contribution in [0.1, 0.15) is 94.5 Å². The van der Waals surface area contributed by atoms with Crippen molar-refractivity contribution in [1.82, 2.24) is 35.2 Å². The van der Waals surface area contributed by atoms with E-state index in [1.807, 2.05) is 0 Å². The van der Waals surface area contributed by atoms with Gasteiger partial charge in [-0.15, -0.1) is 22.7 Å². The van der Waals surface area contributed by atoms with E-state index in [2.05, 4.69) is 120 Å². The average molecular weight is 1270 g/mol. The van der Waals surface area contributed by atoms with Gasteiger partial charge in [-0.2, -0.15) is 0 Å². The van der Waals surface area contributed by atoms with Crippen LogP contribution >= 0.6 is 22.7 Å². The summed E-state index contributed by atoms with van der Waals surface area (Å²) in [4.78, 5) is 85.4. The minimum absolute atomic E-state index is 0.00724. The molecule has 3 atom stereocenters. The Hall–Kier alpha value is -11.9. The molecule has 0 saturated carbocycles. The number of thiazole rings is 2. The number of carboxylic acid groups (broad SMARTS) is 1. The zero-order chi connectivity index (χ0) is 66.2. The van der Waals surface area contributed by atoms with Crippen molar-refractivity contribution in [3.8, 4) is 22.0 Å². The molecule has 7 heterocycles.